The van der Waals surface area contributed by atoms with Crippen molar-refractivity contribution in [3.63, 3.8) is 0 Å². The summed E-state index contributed by atoms with van der Waals surface area (Å²) in [6, 6.07) is 7.64. The van der Waals surface area contributed by atoms with Crippen molar-refractivity contribution in [2.45, 2.75) is 4.90 Å². The molecule has 1 aromatic carbocycles. The van der Waals surface area contributed by atoms with E-state index < -0.39 is 10.0 Å². The van der Waals surface area contributed by atoms with Crippen molar-refractivity contribution in [3.05, 3.63) is 46.0 Å². The van der Waals surface area contributed by atoms with E-state index in [0.29, 0.717) is 4.47 Å². The van der Waals surface area contributed by atoms with Crippen LogP contribution in [0.15, 0.2) is 45.9 Å². The van der Waals surface area contributed by atoms with Crippen LogP contribution in [0.25, 0.3) is 0 Å². The quantitative estimate of drug-likeness (QED) is 0.822. The van der Waals surface area contributed by atoms with Gasteiger partial charge in [-0.2, -0.15) is 0 Å². The molecule has 2 aromatic rings. The van der Waals surface area contributed by atoms with Crippen LogP contribution < -0.4 is 10.5 Å². The fraction of sp³-hybridized carbons (Fsp3) is 0. The first-order valence-corrected chi connectivity index (χ1v) is 7.74. The molecule has 0 radical (unpaired) electrons. The number of hydrogen-bond acceptors (Lipinski definition) is 4. The van der Waals surface area contributed by atoms with E-state index in [4.69, 9.17) is 17.3 Å². The van der Waals surface area contributed by atoms with E-state index in [1.165, 1.54) is 24.4 Å². The number of hydrogen-bond donors (Lipinski definition) is 2. The van der Waals surface area contributed by atoms with E-state index in [9.17, 15) is 8.42 Å². The van der Waals surface area contributed by atoms with Gasteiger partial charge in [0, 0.05) is 10.7 Å². The highest BCUT2D eigenvalue weighted by Crippen LogP contribution is 2.26. The van der Waals surface area contributed by atoms with E-state index in [1.54, 1.807) is 12.1 Å². The zero-order valence-electron chi connectivity index (χ0n) is 9.47. The third-order valence-corrected chi connectivity index (χ3v) is 4.46. The monoisotopic (exact) mass is 361 g/mol. The lowest BCUT2D eigenvalue weighted by Crippen LogP contribution is -2.15. The summed E-state index contributed by atoms with van der Waals surface area (Å²) in [4.78, 5) is 3.83. The maximum atomic E-state index is 12.2. The first-order chi connectivity index (χ1) is 8.90. The summed E-state index contributed by atoms with van der Waals surface area (Å²) in [5, 5.41) is 0.210. The van der Waals surface area contributed by atoms with Crippen LogP contribution in [0.4, 0.5) is 11.5 Å². The van der Waals surface area contributed by atoms with Gasteiger partial charge in [-0.05, 0) is 30.3 Å². The molecule has 0 aliphatic carbocycles. The van der Waals surface area contributed by atoms with Crippen LogP contribution in [0.2, 0.25) is 5.02 Å². The molecule has 0 aliphatic rings. The Morgan fingerprint density at radius 2 is 2.05 bits per heavy atom. The Morgan fingerprint density at radius 3 is 2.68 bits per heavy atom. The highest BCUT2D eigenvalue weighted by Gasteiger charge is 2.19. The van der Waals surface area contributed by atoms with Gasteiger partial charge in [0.1, 0.15) is 4.90 Å². The van der Waals surface area contributed by atoms with Crippen LogP contribution in [0.3, 0.4) is 0 Å². The van der Waals surface area contributed by atoms with Crippen LogP contribution in [0, 0.1) is 0 Å². The second-order valence-corrected chi connectivity index (χ2v) is 6.60. The van der Waals surface area contributed by atoms with E-state index in [-0.39, 0.29) is 21.4 Å². The molecule has 8 heteroatoms. The number of anilines is 2. The van der Waals surface area contributed by atoms with Crippen molar-refractivity contribution in [2.24, 2.45) is 0 Å². The van der Waals surface area contributed by atoms with Gasteiger partial charge in [-0.3, -0.25) is 4.72 Å². The molecule has 0 fully saturated rings. The minimum Gasteiger partial charge on any atom is -0.398 e. The van der Waals surface area contributed by atoms with Crippen LogP contribution >= 0.6 is 27.5 Å². The molecule has 0 unspecified atom stereocenters. The Balaban J connectivity index is 2.41. The highest BCUT2D eigenvalue weighted by atomic mass is 79.9. The molecule has 19 heavy (non-hydrogen) atoms. The predicted octanol–water partition coefficient (Wildman–Crippen LogP) is 2.88. The number of pyridine rings is 1. The third-order valence-electron chi connectivity index (χ3n) is 2.25. The fourth-order valence-electron chi connectivity index (χ4n) is 1.41. The number of nitrogen functional groups attached to an aromatic ring is 1. The smallest absolute Gasteiger partial charge is 0.265 e. The molecule has 5 nitrogen and oxygen atoms in total. The van der Waals surface area contributed by atoms with Gasteiger partial charge in [0.25, 0.3) is 10.0 Å². The molecule has 0 aliphatic heterocycles. The largest absolute Gasteiger partial charge is 0.398 e. The average molecular weight is 363 g/mol. The molecule has 0 saturated carbocycles. The highest BCUT2D eigenvalue weighted by molar-refractivity contribution is 9.10. The van der Waals surface area contributed by atoms with Gasteiger partial charge in [0.05, 0.1) is 10.7 Å². The van der Waals surface area contributed by atoms with E-state index >= 15 is 0 Å². The average Bonchev–Trinajstić information content (AvgIpc) is 2.31. The Morgan fingerprint density at radius 1 is 1.32 bits per heavy atom. The van der Waals surface area contributed by atoms with Crippen molar-refractivity contribution in [3.8, 4) is 0 Å². The van der Waals surface area contributed by atoms with Gasteiger partial charge < -0.3 is 5.73 Å². The molecule has 0 atom stereocenters. The van der Waals surface area contributed by atoms with Crippen molar-refractivity contribution in [2.75, 3.05) is 10.5 Å². The molecule has 100 valence electrons. The predicted molar refractivity (Wildman–Crippen MR) is 78.6 cm³/mol. The Kier molecular flexibility index (Phi) is 3.98. The summed E-state index contributed by atoms with van der Waals surface area (Å²) in [6.45, 7) is 0. The molecule has 2 rings (SSSR count). The van der Waals surface area contributed by atoms with Crippen molar-refractivity contribution >= 4 is 49.1 Å². The molecular weight excluding hydrogens is 354 g/mol. The van der Waals surface area contributed by atoms with Gasteiger partial charge in [0.2, 0.25) is 0 Å². The van der Waals surface area contributed by atoms with Crippen LogP contribution in [0.5, 0.6) is 0 Å². The van der Waals surface area contributed by atoms with Crippen LogP contribution in [-0.2, 0) is 10.0 Å². The molecule has 3 N–H and O–H groups in total. The van der Waals surface area contributed by atoms with Crippen molar-refractivity contribution in [1.82, 2.24) is 4.98 Å². The maximum Gasteiger partial charge on any atom is 0.265 e. The number of nitrogens with one attached hydrogen (secondary N) is 1. The van der Waals surface area contributed by atoms with Crippen molar-refractivity contribution in [1.29, 1.82) is 0 Å². The first kappa shape index (κ1) is 14.1. The first-order valence-electron chi connectivity index (χ1n) is 5.08. The lowest BCUT2D eigenvalue weighted by molar-refractivity contribution is 0.601. The Labute approximate surface area is 124 Å². The fourth-order valence-corrected chi connectivity index (χ4v) is 3.15. The van der Waals surface area contributed by atoms with Gasteiger partial charge in [-0.25, -0.2) is 13.4 Å². The normalized spacial score (nSPS) is 11.3. The zero-order valence-corrected chi connectivity index (χ0v) is 12.6. The Bertz CT molecular complexity index is 722. The summed E-state index contributed by atoms with van der Waals surface area (Å²) < 4.78 is 27.4. The van der Waals surface area contributed by atoms with E-state index in [1.807, 2.05) is 0 Å². The Hall–Kier alpha value is -1.31. The lowest BCUT2D eigenvalue weighted by Gasteiger charge is -2.10. The van der Waals surface area contributed by atoms with E-state index in [2.05, 4.69) is 25.6 Å². The lowest BCUT2D eigenvalue weighted by atomic mass is 10.3. The van der Waals surface area contributed by atoms with Crippen molar-refractivity contribution < 1.29 is 8.42 Å². The van der Waals surface area contributed by atoms with Crippen LogP contribution in [0.1, 0.15) is 0 Å². The number of benzene rings is 1. The molecule has 1 heterocycles. The number of aromatic nitrogens is 1. The third kappa shape index (κ3) is 3.17. The number of nitrogens with zero attached hydrogens (tertiary/aromatic N) is 1. The molecule has 0 amide bonds. The second kappa shape index (κ2) is 5.36. The molecule has 0 spiro atoms. The maximum absolute atomic E-state index is 12.2. The van der Waals surface area contributed by atoms with Gasteiger partial charge in [-0.15, -0.1) is 0 Å². The molecule has 1 aromatic heterocycles. The molecule has 0 bridgehead atoms. The number of nitrogens with two attached hydrogens (primary N) is 1. The topological polar surface area (TPSA) is 85.1 Å². The standard InChI is InChI=1S/C11H9BrClN3O2S/c12-7-3-4-10(9(14)6-7)19(17,18)16-11-8(13)2-1-5-15-11/h1-6H,14H2,(H,15,16). The number of sulfonamides is 1. The van der Waals surface area contributed by atoms with Crippen LogP contribution in [-0.4, -0.2) is 13.4 Å². The summed E-state index contributed by atoms with van der Waals surface area (Å²) in [5.41, 5.74) is 5.83. The summed E-state index contributed by atoms with van der Waals surface area (Å²) >= 11 is 9.07. The van der Waals surface area contributed by atoms with E-state index in [0.717, 1.165) is 0 Å². The number of halogens is 2. The molecular formula is C11H9BrClN3O2S. The van der Waals surface area contributed by atoms with Gasteiger partial charge in [-0.1, -0.05) is 27.5 Å². The summed E-state index contributed by atoms with van der Waals surface area (Å²) in [5.74, 6) is 0.0616. The SMILES string of the molecule is Nc1cc(Br)ccc1S(=O)(=O)Nc1ncccc1Cl. The van der Waals surface area contributed by atoms with Gasteiger partial charge >= 0.3 is 0 Å². The summed E-state index contributed by atoms with van der Waals surface area (Å²) in [7, 11) is -3.83. The number of rotatable bonds is 3. The minimum atomic E-state index is -3.83. The molecule has 0 saturated heterocycles. The minimum absolute atomic E-state index is 0.0302. The summed E-state index contributed by atoms with van der Waals surface area (Å²) in [6.07, 6.45) is 1.44. The zero-order chi connectivity index (χ0) is 14.0. The second-order valence-electron chi connectivity index (χ2n) is 3.62. The van der Waals surface area contributed by atoms with Gasteiger partial charge in [0.15, 0.2) is 5.82 Å².